The van der Waals surface area contributed by atoms with Crippen molar-refractivity contribution >= 4 is 27.4 Å². The smallest absolute Gasteiger partial charge is 0.263 e. The number of hydrogen-bond donors (Lipinski definition) is 2. The first-order chi connectivity index (χ1) is 9.40. The second-order valence-corrected chi connectivity index (χ2v) is 6.39. The van der Waals surface area contributed by atoms with Crippen molar-refractivity contribution in [3.05, 3.63) is 53.2 Å². The molecule has 0 saturated carbocycles. The molecule has 0 saturated heterocycles. The van der Waals surface area contributed by atoms with E-state index in [0.29, 0.717) is 0 Å². The summed E-state index contributed by atoms with van der Waals surface area (Å²) in [4.78, 5) is 4.02. The number of nitrogens with two attached hydrogens (primary N) is 1. The molecule has 2 aromatic rings. The van der Waals surface area contributed by atoms with E-state index in [4.69, 9.17) is 17.3 Å². The molecule has 0 amide bonds. The molecule has 106 valence electrons. The van der Waals surface area contributed by atoms with Crippen LogP contribution in [0.2, 0.25) is 5.02 Å². The van der Waals surface area contributed by atoms with Gasteiger partial charge in [0.25, 0.3) is 10.0 Å². The maximum absolute atomic E-state index is 12.2. The molecular weight excluding hydrogens is 298 g/mol. The summed E-state index contributed by atoms with van der Waals surface area (Å²) in [7, 11) is -3.72. The van der Waals surface area contributed by atoms with Crippen LogP contribution in [0.15, 0.2) is 47.5 Å². The highest BCUT2D eigenvalue weighted by Crippen LogP contribution is 2.22. The number of aromatic nitrogens is 1. The normalized spacial score (nSPS) is 12.9. The predicted octanol–water partition coefficient (Wildman–Crippen LogP) is 2.56. The van der Waals surface area contributed by atoms with Gasteiger partial charge in [0.1, 0.15) is 0 Å². The van der Waals surface area contributed by atoms with Gasteiger partial charge in [-0.15, -0.1) is 0 Å². The average Bonchev–Trinajstić information content (AvgIpc) is 2.41. The lowest BCUT2D eigenvalue weighted by molar-refractivity contribution is 0.601. The number of nitrogens with zero attached hydrogens (tertiary/aromatic N) is 1. The van der Waals surface area contributed by atoms with Crippen molar-refractivity contribution in [1.29, 1.82) is 0 Å². The van der Waals surface area contributed by atoms with Crippen molar-refractivity contribution in [3.63, 3.8) is 0 Å². The number of anilines is 1. The van der Waals surface area contributed by atoms with Crippen LogP contribution in [0.4, 0.5) is 5.82 Å². The van der Waals surface area contributed by atoms with Crippen LogP contribution in [0.3, 0.4) is 0 Å². The minimum absolute atomic E-state index is 0.102. The van der Waals surface area contributed by atoms with E-state index in [-0.39, 0.29) is 21.8 Å². The molecule has 2 rings (SSSR count). The fraction of sp³-hybridized carbons (Fsp3) is 0.154. The van der Waals surface area contributed by atoms with Crippen molar-refractivity contribution in [2.24, 2.45) is 5.73 Å². The third-order valence-corrected chi connectivity index (χ3v) is 4.37. The van der Waals surface area contributed by atoms with Gasteiger partial charge in [0.05, 0.1) is 9.92 Å². The van der Waals surface area contributed by atoms with Gasteiger partial charge in [-0.25, -0.2) is 13.4 Å². The van der Waals surface area contributed by atoms with Gasteiger partial charge in [-0.3, -0.25) is 4.72 Å². The van der Waals surface area contributed by atoms with Crippen LogP contribution in [0.25, 0.3) is 0 Å². The van der Waals surface area contributed by atoms with E-state index in [9.17, 15) is 8.42 Å². The Kier molecular flexibility index (Phi) is 4.27. The van der Waals surface area contributed by atoms with Gasteiger partial charge in [-0.1, -0.05) is 23.7 Å². The van der Waals surface area contributed by atoms with Crippen LogP contribution in [-0.4, -0.2) is 13.4 Å². The first-order valence-electron chi connectivity index (χ1n) is 5.89. The number of pyridine rings is 1. The Morgan fingerprint density at radius 2 is 1.90 bits per heavy atom. The van der Waals surface area contributed by atoms with Gasteiger partial charge in [0, 0.05) is 12.2 Å². The zero-order valence-corrected chi connectivity index (χ0v) is 12.3. The molecular formula is C13H14ClN3O2S. The van der Waals surface area contributed by atoms with Crippen LogP contribution in [-0.2, 0) is 10.0 Å². The molecule has 0 spiro atoms. The molecule has 20 heavy (non-hydrogen) atoms. The summed E-state index contributed by atoms with van der Waals surface area (Å²) >= 11 is 5.88. The van der Waals surface area contributed by atoms with Crippen molar-refractivity contribution < 1.29 is 8.42 Å². The second kappa shape index (κ2) is 5.78. The minimum Gasteiger partial charge on any atom is -0.324 e. The molecule has 0 aliphatic heterocycles. The average molecular weight is 312 g/mol. The third-order valence-electron chi connectivity index (χ3n) is 2.71. The molecule has 7 heteroatoms. The number of nitrogens with one attached hydrogen (secondary N) is 1. The molecule has 0 aliphatic carbocycles. The predicted molar refractivity (Wildman–Crippen MR) is 79.1 cm³/mol. The Morgan fingerprint density at radius 1 is 1.25 bits per heavy atom. The van der Waals surface area contributed by atoms with Gasteiger partial charge in [-0.2, -0.15) is 0 Å². The number of rotatable bonds is 4. The van der Waals surface area contributed by atoms with Crippen LogP contribution >= 0.6 is 11.6 Å². The lowest BCUT2D eigenvalue weighted by Crippen LogP contribution is -2.14. The molecule has 1 unspecified atom stereocenters. The molecule has 1 atom stereocenters. The molecule has 0 radical (unpaired) electrons. The summed E-state index contributed by atoms with van der Waals surface area (Å²) in [5.41, 5.74) is 6.58. The van der Waals surface area contributed by atoms with Crippen LogP contribution in [0, 0.1) is 0 Å². The zero-order valence-electron chi connectivity index (χ0n) is 10.7. The lowest BCUT2D eigenvalue weighted by Gasteiger charge is -2.10. The molecule has 3 N–H and O–H groups in total. The Morgan fingerprint density at radius 3 is 2.45 bits per heavy atom. The maximum Gasteiger partial charge on any atom is 0.263 e. The topological polar surface area (TPSA) is 85.1 Å². The molecule has 1 aromatic heterocycles. The first kappa shape index (κ1) is 14.8. The monoisotopic (exact) mass is 311 g/mol. The highest BCUT2D eigenvalue weighted by atomic mass is 35.5. The second-order valence-electron chi connectivity index (χ2n) is 4.30. The third kappa shape index (κ3) is 3.27. The SMILES string of the molecule is CC(N)c1ccc(S(=O)(=O)Nc2ncccc2Cl)cc1. The molecule has 5 nitrogen and oxygen atoms in total. The van der Waals surface area contributed by atoms with E-state index in [1.807, 2.05) is 6.92 Å². The molecule has 0 bridgehead atoms. The minimum atomic E-state index is -3.72. The van der Waals surface area contributed by atoms with Gasteiger partial charge < -0.3 is 5.73 Å². The van der Waals surface area contributed by atoms with E-state index >= 15 is 0 Å². The van der Waals surface area contributed by atoms with Crippen LogP contribution in [0.5, 0.6) is 0 Å². The summed E-state index contributed by atoms with van der Waals surface area (Å²) in [5.74, 6) is 0.102. The van der Waals surface area contributed by atoms with E-state index in [1.54, 1.807) is 24.3 Å². The van der Waals surface area contributed by atoms with E-state index in [0.717, 1.165) is 5.56 Å². The van der Waals surface area contributed by atoms with Crippen LogP contribution in [0.1, 0.15) is 18.5 Å². The first-order valence-corrected chi connectivity index (χ1v) is 7.75. The van der Waals surface area contributed by atoms with E-state index < -0.39 is 10.0 Å². The van der Waals surface area contributed by atoms with E-state index in [2.05, 4.69) is 9.71 Å². The van der Waals surface area contributed by atoms with Crippen molar-refractivity contribution in [2.45, 2.75) is 17.9 Å². The molecule has 1 aromatic carbocycles. The molecule has 0 aliphatic rings. The fourth-order valence-corrected chi connectivity index (χ4v) is 2.85. The van der Waals surface area contributed by atoms with Gasteiger partial charge >= 0.3 is 0 Å². The number of benzene rings is 1. The highest BCUT2D eigenvalue weighted by Gasteiger charge is 2.16. The van der Waals surface area contributed by atoms with Crippen molar-refractivity contribution in [1.82, 2.24) is 4.98 Å². The van der Waals surface area contributed by atoms with Crippen molar-refractivity contribution in [3.8, 4) is 0 Å². The summed E-state index contributed by atoms with van der Waals surface area (Å²) in [6.45, 7) is 1.83. The largest absolute Gasteiger partial charge is 0.324 e. The maximum atomic E-state index is 12.2. The Hall–Kier alpha value is -1.63. The summed E-state index contributed by atoms with van der Waals surface area (Å²) in [6.07, 6.45) is 1.46. The zero-order chi connectivity index (χ0) is 14.8. The summed E-state index contributed by atoms with van der Waals surface area (Å²) in [6, 6.07) is 9.39. The molecule has 1 heterocycles. The summed E-state index contributed by atoms with van der Waals surface area (Å²) in [5, 5.41) is 0.239. The standard InChI is InChI=1S/C13H14ClN3O2S/c1-9(15)10-4-6-11(7-5-10)20(18,19)17-13-12(14)3-2-8-16-13/h2-9H,15H2,1H3,(H,16,17). The van der Waals surface area contributed by atoms with Gasteiger partial charge in [0.2, 0.25) is 0 Å². The Balaban J connectivity index is 2.29. The Labute approximate surface area is 122 Å². The van der Waals surface area contributed by atoms with Crippen LogP contribution < -0.4 is 10.5 Å². The summed E-state index contributed by atoms with van der Waals surface area (Å²) < 4.78 is 26.7. The van der Waals surface area contributed by atoms with Gasteiger partial charge in [-0.05, 0) is 36.8 Å². The number of halogens is 1. The van der Waals surface area contributed by atoms with Gasteiger partial charge in [0.15, 0.2) is 5.82 Å². The van der Waals surface area contributed by atoms with Crippen molar-refractivity contribution in [2.75, 3.05) is 4.72 Å². The quantitative estimate of drug-likeness (QED) is 0.908. The fourth-order valence-electron chi connectivity index (χ4n) is 1.60. The van der Waals surface area contributed by atoms with E-state index in [1.165, 1.54) is 18.3 Å². The lowest BCUT2D eigenvalue weighted by atomic mass is 10.1. The Bertz CT molecular complexity index is 700. The number of hydrogen-bond acceptors (Lipinski definition) is 4. The number of sulfonamides is 1. The molecule has 0 fully saturated rings. The highest BCUT2D eigenvalue weighted by molar-refractivity contribution is 7.92.